The lowest BCUT2D eigenvalue weighted by atomic mass is 9.91. The Morgan fingerprint density at radius 1 is 1.04 bits per heavy atom. The first kappa shape index (κ1) is 19.7. The number of nitrogens with zero attached hydrogens (tertiary/aromatic N) is 5. The number of likely N-dealkylation sites (N-methyl/N-ethyl adjacent to an activating group) is 1. The molecule has 0 unspecified atom stereocenters. The second-order valence-electron chi connectivity index (χ2n) is 8.38. The Balaban J connectivity index is 1.22. The second kappa shape index (κ2) is 8.39. The Kier molecular flexibility index (Phi) is 5.89. The van der Waals surface area contributed by atoms with Gasteiger partial charge in [0.2, 0.25) is 0 Å². The number of hydrogen-bond acceptors (Lipinski definition) is 7. The van der Waals surface area contributed by atoms with E-state index in [-0.39, 0.29) is 11.7 Å². The quantitative estimate of drug-likeness (QED) is 0.726. The molecule has 1 aromatic heterocycles. The highest BCUT2D eigenvalue weighted by Gasteiger charge is 2.46. The fourth-order valence-corrected chi connectivity index (χ4v) is 4.54. The van der Waals surface area contributed by atoms with Crippen LogP contribution in [0.4, 0.5) is 4.79 Å². The number of aryl methyl sites for hydroxylation is 1. The molecule has 0 saturated carbocycles. The van der Waals surface area contributed by atoms with Gasteiger partial charge in [0.25, 0.3) is 0 Å². The molecule has 3 fully saturated rings. The fourth-order valence-electron chi connectivity index (χ4n) is 4.54. The van der Waals surface area contributed by atoms with Crippen LogP contribution in [-0.4, -0.2) is 102 Å². The molecule has 3 aliphatic heterocycles. The van der Waals surface area contributed by atoms with Crippen molar-refractivity contribution in [1.82, 2.24) is 24.6 Å². The first-order chi connectivity index (χ1) is 13.5. The molecule has 1 amide bonds. The molecule has 1 aromatic rings. The summed E-state index contributed by atoms with van der Waals surface area (Å²) in [4.78, 5) is 26.1. The Morgan fingerprint density at radius 2 is 1.75 bits per heavy atom. The zero-order valence-electron chi connectivity index (χ0n) is 17.2. The lowest BCUT2D eigenvalue weighted by molar-refractivity contribution is -0.00153. The molecule has 28 heavy (non-hydrogen) atoms. The summed E-state index contributed by atoms with van der Waals surface area (Å²) in [6, 6.07) is 0. The third kappa shape index (κ3) is 4.50. The van der Waals surface area contributed by atoms with Crippen molar-refractivity contribution in [3.8, 4) is 0 Å². The molecule has 3 saturated heterocycles. The van der Waals surface area contributed by atoms with Crippen LogP contribution in [0.25, 0.3) is 0 Å². The van der Waals surface area contributed by atoms with Gasteiger partial charge < -0.3 is 19.0 Å². The number of piperazine rings is 1. The molecule has 0 aromatic carbocycles. The van der Waals surface area contributed by atoms with Crippen molar-refractivity contribution < 1.29 is 13.9 Å². The van der Waals surface area contributed by atoms with Crippen molar-refractivity contribution >= 4 is 6.09 Å². The first-order valence-corrected chi connectivity index (χ1v) is 10.6. The molecule has 1 spiro atoms. The maximum Gasteiger partial charge on any atom is 0.410 e. The van der Waals surface area contributed by atoms with Gasteiger partial charge >= 0.3 is 6.09 Å². The minimum absolute atomic E-state index is 0.132. The molecular formula is C20H33N5O3. The summed E-state index contributed by atoms with van der Waals surface area (Å²) in [7, 11) is 0. The maximum absolute atomic E-state index is 12.4. The van der Waals surface area contributed by atoms with Crippen LogP contribution in [0.15, 0.2) is 10.7 Å². The number of oxazole rings is 1. The molecule has 8 nitrogen and oxygen atoms in total. The van der Waals surface area contributed by atoms with Crippen LogP contribution in [0.1, 0.15) is 31.4 Å². The number of piperidine rings is 1. The van der Waals surface area contributed by atoms with Crippen molar-refractivity contribution in [1.29, 1.82) is 0 Å². The zero-order valence-corrected chi connectivity index (χ0v) is 17.2. The van der Waals surface area contributed by atoms with E-state index in [0.29, 0.717) is 5.89 Å². The predicted octanol–water partition coefficient (Wildman–Crippen LogP) is 1.41. The highest BCUT2D eigenvalue weighted by molar-refractivity contribution is 5.70. The van der Waals surface area contributed by atoms with E-state index in [1.807, 2.05) is 11.8 Å². The number of likely N-dealkylation sites (tertiary alicyclic amines) is 1. The molecule has 0 N–H and O–H groups in total. The van der Waals surface area contributed by atoms with E-state index in [2.05, 4.69) is 26.6 Å². The third-order valence-corrected chi connectivity index (χ3v) is 6.46. The van der Waals surface area contributed by atoms with Crippen molar-refractivity contribution in [3.63, 3.8) is 0 Å². The average molecular weight is 392 g/mol. The van der Waals surface area contributed by atoms with Crippen LogP contribution in [0, 0.1) is 6.92 Å². The highest BCUT2D eigenvalue weighted by Crippen LogP contribution is 2.33. The largest absolute Gasteiger partial charge is 0.449 e. The number of aromatic nitrogens is 1. The molecule has 4 heterocycles. The molecule has 4 rings (SSSR count). The van der Waals surface area contributed by atoms with E-state index < -0.39 is 0 Å². The summed E-state index contributed by atoms with van der Waals surface area (Å²) in [5.74, 6) is 0.708. The van der Waals surface area contributed by atoms with Gasteiger partial charge in [0, 0.05) is 78.7 Å². The molecule has 156 valence electrons. The van der Waals surface area contributed by atoms with Crippen LogP contribution < -0.4 is 0 Å². The fraction of sp³-hybridized carbons (Fsp3) is 0.800. The lowest BCUT2D eigenvalue weighted by Gasteiger charge is -2.37. The summed E-state index contributed by atoms with van der Waals surface area (Å²) in [5, 5.41) is 0. The topological polar surface area (TPSA) is 65.3 Å². The smallest absolute Gasteiger partial charge is 0.410 e. The van der Waals surface area contributed by atoms with Crippen LogP contribution in [-0.2, 0) is 11.3 Å². The highest BCUT2D eigenvalue weighted by atomic mass is 16.6. The zero-order chi connectivity index (χ0) is 19.6. The van der Waals surface area contributed by atoms with E-state index in [4.69, 9.17) is 9.15 Å². The van der Waals surface area contributed by atoms with Gasteiger partial charge in [-0.1, -0.05) is 6.92 Å². The SMILES string of the molecule is CCN1CCN(CCN2CC3(CCN(Cc4coc(C)n4)CC3)OC2=O)CC1. The van der Waals surface area contributed by atoms with E-state index >= 15 is 0 Å². The minimum atomic E-state index is -0.297. The first-order valence-electron chi connectivity index (χ1n) is 10.6. The van der Waals surface area contributed by atoms with Crippen LogP contribution in [0.3, 0.4) is 0 Å². The summed E-state index contributed by atoms with van der Waals surface area (Å²) < 4.78 is 11.2. The van der Waals surface area contributed by atoms with Crippen LogP contribution in [0.2, 0.25) is 0 Å². The third-order valence-electron chi connectivity index (χ3n) is 6.46. The number of hydrogen-bond donors (Lipinski definition) is 0. The Morgan fingerprint density at radius 3 is 2.39 bits per heavy atom. The Bertz CT molecular complexity index is 663. The molecule has 0 bridgehead atoms. The molecular weight excluding hydrogens is 358 g/mol. The molecule has 3 aliphatic rings. The lowest BCUT2D eigenvalue weighted by Crippen LogP contribution is -2.49. The van der Waals surface area contributed by atoms with Gasteiger partial charge in [0.05, 0.1) is 12.2 Å². The minimum Gasteiger partial charge on any atom is -0.449 e. The summed E-state index contributed by atoms with van der Waals surface area (Å²) in [6.07, 6.45) is 3.38. The number of amides is 1. The Labute approximate surface area is 167 Å². The number of carbonyl (C=O) groups is 1. The number of ether oxygens (including phenoxy) is 1. The van der Waals surface area contributed by atoms with Gasteiger partial charge in [0.1, 0.15) is 11.9 Å². The van der Waals surface area contributed by atoms with Crippen molar-refractivity contribution in [2.45, 2.75) is 38.8 Å². The van der Waals surface area contributed by atoms with Crippen molar-refractivity contribution in [2.24, 2.45) is 0 Å². The van der Waals surface area contributed by atoms with Gasteiger partial charge in [-0.15, -0.1) is 0 Å². The maximum atomic E-state index is 12.4. The van der Waals surface area contributed by atoms with Gasteiger partial charge in [-0.3, -0.25) is 9.80 Å². The molecule has 8 heteroatoms. The normalized spacial score (nSPS) is 24.2. The predicted molar refractivity (Wildman–Crippen MR) is 105 cm³/mol. The van der Waals surface area contributed by atoms with Gasteiger partial charge in [-0.25, -0.2) is 9.78 Å². The van der Waals surface area contributed by atoms with Gasteiger partial charge in [0.15, 0.2) is 5.89 Å². The summed E-state index contributed by atoms with van der Waals surface area (Å²) >= 11 is 0. The van der Waals surface area contributed by atoms with Crippen LogP contribution >= 0.6 is 0 Å². The van der Waals surface area contributed by atoms with E-state index in [9.17, 15) is 4.79 Å². The summed E-state index contributed by atoms with van der Waals surface area (Å²) in [6.45, 7) is 14.8. The summed E-state index contributed by atoms with van der Waals surface area (Å²) in [5.41, 5.74) is 0.676. The van der Waals surface area contributed by atoms with Crippen LogP contribution in [0.5, 0.6) is 0 Å². The van der Waals surface area contributed by atoms with Crippen molar-refractivity contribution in [2.75, 3.05) is 65.4 Å². The monoisotopic (exact) mass is 391 g/mol. The molecule has 0 atom stereocenters. The Hall–Kier alpha value is -1.64. The van der Waals surface area contributed by atoms with Crippen molar-refractivity contribution in [3.05, 3.63) is 17.8 Å². The van der Waals surface area contributed by atoms with E-state index in [1.54, 1.807) is 6.26 Å². The standard InChI is InChI=1S/C20H33N5O3/c1-3-22-8-10-23(11-9-22)12-13-25-16-20(28-19(25)26)4-6-24(7-5-20)14-18-15-27-17(2)21-18/h15H,3-14,16H2,1-2H3. The van der Waals surface area contributed by atoms with Gasteiger partial charge in [-0.05, 0) is 6.54 Å². The van der Waals surface area contributed by atoms with E-state index in [0.717, 1.165) is 90.5 Å². The molecule has 0 radical (unpaired) electrons. The van der Waals surface area contributed by atoms with E-state index in [1.165, 1.54) is 0 Å². The number of carbonyl (C=O) groups excluding carboxylic acids is 1. The number of rotatable bonds is 6. The van der Waals surface area contributed by atoms with Gasteiger partial charge in [-0.2, -0.15) is 0 Å². The average Bonchev–Trinajstić information content (AvgIpc) is 3.25. The second-order valence-corrected chi connectivity index (χ2v) is 8.38. The molecule has 0 aliphatic carbocycles.